The van der Waals surface area contributed by atoms with Crippen molar-refractivity contribution in [3.05, 3.63) is 60.2 Å². The largest absolute Gasteiger partial charge is 0.508 e. The SMILES string of the molecule is O=C(NCCc1ccccc1)Nc1cccc(O)c1. The Labute approximate surface area is 112 Å². The van der Waals surface area contributed by atoms with E-state index in [4.69, 9.17) is 0 Å². The Morgan fingerprint density at radius 1 is 1.05 bits per heavy atom. The Morgan fingerprint density at radius 2 is 1.84 bits per heavy atom. The Bertz CT molecular complexity index is 541. The van der Waals surface area contributed by atoms with E-state index in [0.29, 0.717) is 12.2 Å². The second-order valence-corrected chi connectivity index (χ2v) is 4.17. The highest BCUT2D eigenvalue weighted by Gasteiger charge is 2.01. The molecule has 0 radical (unpaired) electrons. The third kappa shape index (κ3) is 4.35. The minimum atomic E-state index is -0.276. The molecule has 0 bridgehead atoms. The number of anilines is 1. The Balaban J connectivity index is 1.76. The van der Waals surface area contributed by atoms with E-state index in [-0.39, 0.29) is 11.8 Å². The van der Waals surface area contributed by atoms with Crippen molar-refractivity contribution in [3.8, 4) is 5.75 Å². The molecule has 2 aromatic rings. The molecule has 0 saturated heterocycles. The van der Waals surface area contributed by atoms with Gasteiger partial charge in [0.1, 0.15) is 5.75 Å². The minimum absolute atomic E-state index is 0.127. The molecule has 2 aromatic carbocycles. The number of carbonyl (C=O) groups excluding carboxylic acids is 1. The van der Waals surface area contributed by atoms with Crippen molar-refractivity contribution >= 4 is 11.7 Å². The summed E-state index contributed by atoms with van der Waals surface area (Å²) in [6.45, 7) is 0.564. The van der Waals surface area contributed by atoms with Gasteiger partial charge in [-0.3, -0.25) is 0 Å². The predicted octanol–water partition coefficient (Wildman–Crippen LogP) is 2.76. The maximum Gasteiger partial charge on any atom is 0.319 e. The van der Waals surface area contributed by atoms with Gasteiger partial charge in [0.15, 0.2) is 0 Å². The van der Waals surface area contributed by atoms with Crippen LogP contribution >= 0.6 is 0 Å². The maximum absolute atomic E-state index is 11.6. The molecule has 4 heteroatoms. The number of hydrogen-bond donors (Lipinski definition) is 3. The summed E-state index contributed by atoms with van der Waals surface area (Å²) in [4.78, 5) is 11.6. The Hall–Kier alpha value is -2.49. The first-order valence-electron chi connectivity index (χ1n) is 6.12. The zero-order valence-electron chi connectivity index (χ0n) is 10.5. The average molecular weight is 256 g/mol. The second-order valence-electron chi connectivity index (χ2n) is 4.17. The third-order valence-electron chi connectivity index (χ3n) is 2.65. The van der Waals surface area contributed by atoms with Crippen LogP contribution in [0.3, 0.4) is 0 Å². The van der Waals surface area contributed by atoms with Gasteiger partial charge in [-0.25, -0.2) is 4.79 Å². The number of phenols is 1. The van der Waals surface area contributed by atoms with Crippen molar-refractivity contribution in [2.45, 2.75) is 6.42 Å². The van der Waals surface area contributed by atoms with Crippen molar-refractivity contribution in [3.63, 3.8) is 0 Å². The fourth-order valence-electron chi connectivity index (χ4n) is 1.72. The van der Waals surface area contributed by atoms with Gasteiger partial charge in [0.2, 0.25) is 0 Å². The number of phenolic OH excluding ortho intramolecular Hbond substituents is 1. The van der Waals surface area contributed by atoms with E-state index in [2.05, 4.69) is 10.6 Å². The van der Waals surface area contributed by atoms with Gasteiger partial charge in [0.25, 0.3) is 0 Å². The summed E-state index contributed by atoms with van der Waals surface area (Å²) < 4.78 is 0. The van der Waals surface area contributed by atoms with Gasteiger partial charge in [-0.15, -0.1) is 0 Å². The number of aromatic hydroxyl groups is 1. The summed E-state index contributed by atoms with van der Waals surface area (Å²) >= 11 is 0. The topological polar surface area (TPSA) is 61.4 Å². The fourth-order valence-corrected chi connectivity index (χ4v) is 1.72. The summed E-state index contributed by atoms with van der Waals surface area (Å²) in [6, 6.07) is 16.1. The monoisotopic (exact) mass is 256 g/mol. The second kappa shape index (κ2) is 6.44. The van der Waals surface area contributed by atoms with Gasteiger partial charge in [0.05, 0.1) is 0 Å². The maximum atomic E-state index is 11.6. The number of benzene rings is 2. The predicted molar refractivity (Wildman–Crippen MR) is 75.3 cm³/mol. The van der Waals surface area contributed by atoms with Crippen LogP contribution in [-0.4, -0.2) is 17.7 Å². The molecular formula is C15H16N2O2. The highest BCUT2D eigenvalue weighted by Crippen LogP contribution is 2.14. The molecule has 3 N–H and O–H groups in total. The van der Waals surface area contributed by atoms with Crippen molar-refractivity contribution in [1.82, 2.24) is 5.32 Å². The zero-order chi connectivity index (χ0) is 13.5. The first-order valence-corrected chi connectivity index (χ1v) is 6.12. The molecule has 0 fully saturated rings. The van der Waals surface area contributed by atoms with Gasteiger partial charge >= 0.3 is 6.03 Å². The van der Waals surface area contributed by atoms with Gasteiger partial charge in [-0.2, -0.15) is 0 Å². The van der Waals surface area contributed by atoms with Crippen LogP contribution in [0.4, 0.5) is 10.5 Å². The van der Waals surface area contributed by atoms with Crippen LogP contribution < -0.4 is 10.6 Å². The molecule has 0 unspecified atom stereocenters. The van der Waals surface area contributed by atoms with E-state index in [9.17, 15) is 9.90 Å². The molecule has 0 saturated carbocycles. The molecular weight excluding hydrogens is 240 g/mol. The van der Waals surface area contributed by atoms with Crippen LogP contribution in [0.5, 0.6) is 5.75 Å². The molecule has 0 aliphatic heterocycles. The van der Waals surface area contributed by atoms with Crippen molar-refractivity contribution in [2.75, 3.05) is 11.9 Å². The molecule has 0 aliphatic carbocycles. The Morgan fingerprint density at radius 3 is 2.58 bits per heavy atom. The molecule has 2 amide bonds. The molecule has 0 heterocycles. The van der Waals surface area contributed by atoms with Crippen molar-refractivity contribution in [2.24, 2.45) is 0 Å². The lowest BCUT2D eigenvalue weighted by Gasteiger charge is -2.07. The van der Waals surface area contributed by atoms with Crippen LogP contribution in [0.2, 0.25) is 0 Å². The molecule has 2 rings (SSSR count). The minimum Gasteiger partial charge on any atom is -0.508 e. The van der Waals surface area contributed by atoms with E-state index in [1.54, 1.807) is 18.2 Å². The standard InChI is InChI=1S/C15H16N2O2/c18-14-8-4-7-13(11-14)17-15(19)16-10-9-12-5-2-1-3-6-12/h1-8,11,18H,9-10H2,(H2,16,17,19). The third-order valence-corrected chi connectivity index (χ3v) is 2.65. The zero-order valence-corrected chi connectivity index (χ0v) is 10.5. The summed E-state index contributed by atoms with van der Waals surface area (Å²) in [5.41, 5.74) is 1.75. The van der Waals surface area contributed by atoms with Crippen LogP contribution in [0.25, 0.3) is 0 Å². The van der Waals surface area contributed by atoms with Gasteiger partial charge in [-0.1, -0.05) is 36.4 Å². The first kappa shape index (κ1) is 13.0. The first-order chi connectivity index (χ1) is 9.24. The Kier molecular flexibility index (Phi) is 4.39. The van der Waals surface area contributed by atoms with Crippen molar-refractivity contribution in [1.29, 1.82) is 0 Å². The lowest BCUT2D eigenvalue weighted by atomic mass is 10.1. The lowest BCUT2D eigenvalue weighted by Crippen LogP contribution is -2.30. The highest BCUT2D eigenvalue weighted by molar-refractivity contribution is 5.89. The number of rotatable bonds is 4. The molecule has 0 aliphatic rings. The molecule has 19 heavy (non-hydrogen) atoms. The molecule has 4 nitrogen and oxygen atoms in total. The van der Waals surface area contributed by atoms with E-state index in [0.717, 1.165) is 6.42 Å². The van der Waals surface area contributed by atoms with Crippen LogP contribution in [-0.2, 0) is 6.42 Å². The smallest absolute Gasteiger partial charge is 0.319 e. The highest BCUT2D eigenvalue weighted by atomic mass is 16.3. The number of nitrogens with one attached hydrogen (secondary N) is 2. The number of urea groups is 1. The van der Waals surface area contributed by atoms with Crippen LogP contribution in [0, 0.1) is 0 Å². The van der Waals surface area contributed by atoms with E-state index < -0.39 is 0 Å². The van der Waals surface area contributed by atoms with Gasteiger partial charge in [0, 0.05) is 18.3 Å². The van der Waals surface area contributed by atoms with Crippen LogP contribution in [0.1, 0.15) is 5.56 Å². The van der Waals surface area contributed by atoms with E-state index in [1.165, 1.54) is 11.6 Å². The fraction of sp³-hybridized carbons (Fsp3) is 0.133. The van der Waals surface area contributed by atoms with E-state index in [1.807, 2.05) is 30.3 Å². The molecule has 0 atom stereocenters. The summed E-state index contributed by atoms with van der Waals surface area (Å²) in [5, 5.41) is 14.7. The molecule has 0 spiro atoms. The summed E-state index contributed by atoms with van der Waals surface area (Å²) in [7, 11) is 0. The number of amides is 2. The normalized spacial score (nSPS) is 9.89. The van der Waals surface area contributed by atoms with Gasteiger partial charge < -0.3 is 15.7 Å². The molecule has 98 valence electrons. The quantitative estimate of drug-likeness (QED) is 0.787. The number of hydrogen-bond acceptors (Lipinski definition) is 2. The summed E-state index contributed by atoms with van der Waals surface area (Å²) in [5.74, 6) is 0.127. The number of carbonyl (C=O) groups is 1. The lowest BCUT2D eigenvalue weighted by molar-refractivity contribution is 0.252. The van der Waals surface area contributed by atoms with Crippen LogP contribution in [0.15, 0.2) is 54.6 Å². The summed E-state index contributed by atoms with van der Waals surface area (Å²) in [6.07, 6.45) is 0.786. The van der Waals surface area contributed by atoms with Gasteiger partial charge in [-0.05, 0) is 24.1 Å². The van der Waals surface area contributed by atoms with Crippen molar-refractivity contribution < 1.29 is 9.90 Å². The van der Waals surface area contributed by atoms with E-state index >= 15 is 0 Å². The molecule has 0 aromatic heterocycles. The average Bonchev–Trinajstić information content (AvgIpc) is 2.40.